The fourth-order valence-electron chi connectivity index (χ4n) is 1.83. The van der Waals surface area contributed by atoms with Gasteiger partial charge in [-0.15, -0.1) is 0 Å². The van der Waals surface area contributed by atoms with E-state index in [1.54, 1.807) is 6.07 Å². The lowest BCUT2D eigenvalue weighted by atomic mass is 10.2. The second-order valence-electron chi connectivity index (χ2n) is 3.95. The summed E-state index contributed by atoms with van der Waals surface area (Å²) >= 11 is 3.35. The number of amides is 1. The van der Waals surface area contributed by atoms with Crippen LogP contribution >= 0.6 is 15.9 Å². The molecule has 1 heterocycles. The van der Waals surface area contributed by atoms with Crippen molar-refractivity contribution in [2.24, 2.45) is 0 Å². The van der Waals surface area contributed by atoms with Gasteiger partial charge in [-0.25, -0.2) is 0 Å². The van der Waals surface area contributed by atoms with Crippen molar-refractivity contribution in [1.82, 2.24) is 5.32 Å². The molecule has 1 fully saturated rings. The van der Waals surface area contributed by atoms with Gasteiger partial charge in [0.1, 0.15) is 0 Å². The second-order valence-corrected chi connectivity index (χ2v) is 4.80. The summed E-state index contributed by atoms with van der Waals surface area (Å²) < 4.78 is 0.759. The number of benzene rings is 1. The Balaban J connectivity index is 2.23. The van der Waals surface area contributed by atoms with Gasteiger partial charge in [-0.2, -0.15) is 0 Å². The van der Waals surface area contributed by atoms with Crippen LogP contribution in [0.1, 0.15) is 16.8 Å². The molecule has 1 aliphatic heterocycles. The van der Waals surface area contributed by atoms with Crippen LogP contribution in [0.15, 0.2) is 22.7 Å². The van der Waals surface area contributed by atoms with Gasteiger partial charge in [0.15, 0.2) is 6.29 Å². The first kappa shape index (κ1) is 12.1. The number of rotatable bonds is 2. The first-order valence-electron chi connectivity index (χ1n) is 5.47. The average molecular weight is 297 g/mol. The third-order valence-corrected chi connectivity index (χ3v) is 3.42. The molecule has 1 aromatic rings. The molecule has 90 valence electrons. The zero-order valence-electron chi connectivity index (χ0n) is 9.28. The second kappa shape index (κ2) is 5.31. The molecule has 1 amide bonds. The lowest BCUT2D eigenvalue weighted by molar-refractivity contribution is -0.119. The van der Waals surface area contributed by atoms with Gasteiger partial charge in [0.05, 0.1) is 6.54 Å². The molecule has 1 saturated heterocycles. The molecule has 1 aromatic carbocycles. The van der Waals surface area contributed by atoms with Gasteiger partial charge in [-0.3, -0.25) is 9.59 Å². The van der Waals surface area contributed by atoms with Crippen molar-refractivity contribution in [2.75, 3.05) is 24.5 Å². The van der Waals surface area contributed by atoms with Gasteiger partial charge in [0.25, 0.3) is 0 Å². The topological polar surface area (TPSA) is 49.4 Å². The number of aldehydes is 1. The Hall–Kier alpha value is -1.36. The number of hydrogen-bond donors (Lipinski definition) is 1. The highest BCUT2D eigenvalue weighted by Gasteiger charge is 2.15. The third kappa shape index (κ3) is 2.85. The van der Waals surface area contributed by atoms with Crippen molar-refractivity contribution in [3.63, 3.8) is 0 Å². The Morgan fingerprint density at radius 1 is 1.41 bits per heavy atom. The predicted molar refractivity (Wildman–Crippen MR) is 69.4 cm³/mol. The molecular weight excluding hydrogens is 284 g/mol. The van der Waals surface area contributed by atoms with E-state index in [0.29, 0.717) is 12.1 Å². The summed E-state index contributed by atoms with van der Waals surface area (Å²) in [5, 5.41) is 2.83. The number of hydrogen-bond acceptors (Lipinski definition) is 3. The Bertz CT molecular complexity index is 448. The minimum absolute atomic E-state index is 0.0399. The van der Waals surface area contributed by atoms with Gasteiger partial charge < -0.3 is 10.2 Å². The summed E-state index contributed by atoms with van der Waals surface area (Å²) in [6.07, 6.45) is 1.74. The summed E-state index contributed by atoms with van der Waals surface area (Å²) in [5.41, 5.74) is 1.58. The summed E-state index contributed by atoms with van der Waals surface area (Å²) in [6.45, 7) is 1.93. The monoisotopic (exact) mass is 296 g/mol. The van der Waals surface area contributed by atoms with E-state index in [1.165, 1.54) is 0 Å². The molecule has 17 heavy (non-hydrogen) atoms. The molecule has 4 nitrogen and oxygen atoms in total. The highest BCUT2D eigenvalue weighted by molar-refractivity contribution is 9.10. The van der Waals surface area contributed by atoms with Gasteiger partial charge in [-0.1, -0.05) is 0 Å². The number of carbonyl (C=O) groups excluding carboxylic acids is 2. The largest absolute Gasteiger partial charge is 0.362 e. The lowest BCUT2D eigenvalue weighted by Gasteiger charge is -2.21. The molecule has 0 spiro atoms. The quantitative estimate of drug-likeness (QED) is 0.843. The third-order valence-electron chi connectivity index (χ3n) is 2.74. The van der Waals surface area contributed by atoms with E-state index in [2.05, 4.69) is 21.2 Å². The fourth-order valence-corrected chi connectivity index (χ4v) is 2.29. The van der Waals surface area contributed by atoms with E-state index in [0.717, 1.165) is 36.0 Å². The molecule has 0 unspecified atom stereocenters. The lowest BCUT2D eigenvalue weighted by Crippen LogP contribution is -2.33. The standard InChI is InChI=1S/C12H13BrN2O2/c13-11-6-10(3-2-9(11)8-16)15-5-1-4-14-12(17)7-15/h2-3,6,8H,1,4-5,7H2,(H,14,17). The van der Waals surface area contributed by atoms with Gasteiger partial charge in [-0.05, 0) is 40.5 Å². The normalized spacial score (nSPS) is 16.3. The zero-order chi connectivity index (χ0) is 12.3. The highest BCUT2D eigenvalue weighted by atomic mass is 79.9. The number of nitrogens with zero attached hydrogens (tertiary/aromatic N) is 1. The number of anilines is 1. The minimum atomic E-state index is 0.0399. The molecule has 0 atom stereocenters. The highest BCUT2D eigenvalue weighted by Crippen LogP contribution is 2.23. The van der Waals surface area contributed by atoms with E-state index in [4.69, 9.17) is 0 Å². The maximum atomic E-state index is 11.5. The van der Waals surface area contributed by atoms with Crippen molar-refractivity contribution in [2.45, 2.75) is 6.42 Å². The predicted octanol–water partition coefficient (Wildman–Crippen LogP) is 1.59. The van der Waals surface area contributed by atoms with Gasteiger partial charge >= 0.3 is 0 Å². The molecule has 1 N–H and O–H groups in total. The van der Waals surface area contributed by atoms with E-state index in [-0.39, 0.29) is 5.91 Å². The first-order chi connectivity index (χ1) is 8.20. The summed E-state index contributed by atoms with van der Waals surface area (Å²) in [7, 11) is 0. The van der Waals surface area contributed by atoms with E-state index in [9.17, 15) is 9.59 Å². The molecule has 2 rings (SSSR count). The molecule has 1 aliphatic rings. The van der Waals surface area contributed by atoms with Crippen LogP contribution in [0.3, 0.4) is 0 Å². The summed E-state index contributed by atoms with van der Waals surface area (Å²) in [6, 6.07) is 5.50. The van der Waals surface area contributed by atoms with Crippen LogP contribution < -0.4 is 10.2 Å². The van der Waals surface area contributed by atoms with Crippen LogP contribution in [0.5, 0.6) is 0 Å². The number of halogens is 1. The Kier molecular flexibility index (Phi) is 3.78. The van der Waals surface area contributed by atoms with Crippen molar-refractivity contribution in [3.05, 3.63) is 28.2 Å². The SMILES string of the molecule is O=Cc1ccc(N2CCCNC(=O)C2)cc1Br. The van der Waals surface area contributed by atoms with Crippen LogP contribution in [-0.4, -0.2) is 31.8 Å². The maximum Gasteiger partial charge on any atom is 0.239 e. The van der Waals surface area contributed by atoms with Crippen LogP contribution in [0, 0.1) is 0 Å². The molecule has 0 bridgehead atoms. The van der Waals surface area contributed by atoms with Gasteiger partial charge in [0, 0.05) is 28.8 Å². The molecule has 0 radical (unpaired) electrons. The van der Waals surface area contributed by atoms with Crippen LogP contribution in [0.25, 0.3) is 0 Å². The van der Waals surface area contributed by atoms with Crippen LogP contribution in [-0.2, 0) is 4.79 Å². The molecule has 0 aromatic heterocycles. The summed E-state index contributed by atoms with van der Waals surface area (Å²) in [5.74, 6) is 0.0399. The zero-order valence-corrected chi connectivity index (χ0v) is 10.9. The maximum absolute atomic E-state index is 11.5. The number of carbonyl (C=O) groups is 2. The van der Waals surface area contributed by atoms with E-state index >= 15 is 0 Å². The smallest absolute Gasteiger partial charge is 0.239 e. The minimum Gasteiger partial charge on any atom is -0.362 e. The van der Waals surface area contributed by atoms with E-state index < -0.39 is 0 Å². The molecule has 0 saturated carbocycles. The average Bonchev–Trinajstić information content (AvgIpc) is 2.54. The van der Waals surface area contributed by atoms with Gasteiger partial charge in [0.2, 0.25) is 5.91 Å². The van der Waals surface area contributed by atoms with Crippen molar-refractivity contribution in [1.29, 1.82) is 0 Å². The number of nitrogens with one attached hydrogen (secondary N) is 1. The fraction of sp³-hybridized carbons (Fsp3) is 0.333. The first-order valence-corrected chi connectivity index (χ1v) is 6.26. The van der Waals surface area contributed by atoms with Crippen molar-refractivity contribution >= 4 is 33.8 Å². The van der Waals surface area contributed by atoms with E-state index in [1.807, 2.05) is 17.0 Å². The van der Waals surface area contributed by atoms with Crippen molar-refractivity contribution in [3.8, 4) is 0 Å². The molecule has 0 aliphatic carbocycles. The molecule has 5 heteroatoms. The Morgan fingerprint density at radius 2 is 2.24 bits per heavy atom. The Morgan fingerprint density at radius 3 is 2.94 bits per heavy atom. The van der Waals surface area contributed by atoms with Crippen molar-refractivity contribution < 1.29 is 9.59 Å². The molecular formula is C12H13BrN2O2. The van der Waals surface area contributed by atoms with Crippen LogP contribution in [0.2, 0.25) is 0 Å². The summed E-state index contributed by atoms with van der Waals surface area (Å²) in [4.78, 5) is 24.2. The van der Waals surface area contributed by atoms with Crippen LogP contribution in [0.4, 0.5) is 5.69 Å². The Labute approximate surface area is 108 Å².